The van der Waals surface area contributed by atoms with Crippen molar-refractivity contribution < 1.29 is 0 Å². The first-order valence-electron chi connectivity index (χ1n) is 5.19. The predicted octanol–water partition coefficient (Wildman–Crippen LogP) is -0.778. The van der Waals surface area contributed by atoms with E-state index >= 15 is 0 Å². The van der Waals surface area contributed by atoms with Crippen LogP contribution in [-0.4, -0.2) is 23.3 Å². The molecule has 8 N–H and O–H groups in total. The van der Waals surface area contributed by atoms with E-state index in [0.29, 0.717) is 0 Å². The summed E-state index contributed by atoms with van der Waals surface area (Å²) in [7, 11) is 0. The molecule has 0 aromatic heterocycles. The highest BCUT2D eigenvalue weighted by atomic mass is 32.1. The largest absolute Gasteiger partial charge is 0.375 e. The molecule has 0 aromatic carbocycles. The van der Waals surface area contributed by atoms with Crippen molar-refractivity contribution in [3.63, 3.8) is 0 Å². The van der Waals surface area contributed by atoms with E-state index in [1.54, 1.807) is 0 Å². The third kappa shape index (κ3) is 13.3. The highest BCUT2D eigenvalue weighted by Gasteiger charge is 1.91. The highest BCUT2D eigenvalue weighted by Crippen LogP contribution is 1.96. The maximum Gasteiger partial charge on any atom is 0.178 e. The molecule has 8 heteroatoms. The van der Waals surface area contributed by atoms with Crippen LogP contribution in [-0.2, 0) is 0 Å². The maximum atomic E-state index is 5.23. The molecule has 16 heavy (non-hydrogen) atoms. The summed E-state index contributed by atoms with van der Waals surface area (Å²) in [5.74, 6) is 0. The minimum atomic E-state index is 0.271. The van der Waals surface area contributed by atoms with Gasteiger partial charge in [0.25, 0.3) is 0 Å². The van der Waals surface area contributed by atoms with E-state index in [0.717, 1.165) is 38.8 Å². The van der Waals surface area contributed by atoms with E-state index in [1.165, 1.54) is 0 Å². The molecule has 0 unspecified atom stereocenters. The van der Waals surface area contributed by atoms with Crippen LogP contribution in [0.1, 0.15) is 25.7 Å². The summed E-state index contributed by atoms with van der Waals surface area (Å²) in [4.78, 5) is 0. The molecular weight excluding hydrogens is 244 g/mol. The molecule has 6 nitrogen and oxygen atoms in total. The first-order valence-corrected chi connectivity index (χ1v) is 6.01. The van der Waals surface area contributed by atoms with Gasteiger partial charge in [-0.25, -0.2) is 10.9 Å². The topological polar surface area (TPSA) is 100 Å². The Balaban J connectivity index is 2.98. The van der Waals surface area contributed by atoms with E-state index in [9.17, 15) is 0 Å². The van der Waals surface area contributed by atoms with E-state index in [4.69, 9.17) is 11.5 Å². The number of hydrogen-bond acceptors (Lipinski definition) is 4. The predicted molar refractivity (Wildman–Crippen MR) is 74.3 cm³/mol. The number of hydrogen-bond donors (Lipinski definition) is 6. The average molecular weight is 264 g/mol. The second kappa shape index (κ2) is 10.8. The summed E-state index contributed by atoms with van der Waals surface area (Å²) in [6.07, 6.45) is 4.47. The number of nitrogens with two attached hydrogens (primary N) is 2. The molecule has 0 bridgehead atoms. The minimum absolute atomic E-state index is 0.271. The van der Waals surface area contributed by atoms with Crippen LogP contribution in [0, 0.1) is 0 Å². The Bertz CT molecular complexity index is 189. The van der Waals surface area contributed by atoms with Gasteiger partial charge < -0.3 is 11.5 Å². The van der Waals surface area contributed by atoms with Crippen LogP contribution < -0.4 is 33.2 Å². The van der Waals surface area contributed by atoms with Gasteiger partial charge in [0.05, 0.1) is 0 Å². The van der Waals surface area contributed by atoms with Gasteiger partial charge in [-0.05, 0) is 37.3 Å². The Morgan fingerprint density at radius 2 is 1.12 bits per heavy atom. The summed E-state index contributed by atoms with van der Waals surface area (Å²) >= 11 is 9.27. The third-order valence-corrected chi connectivity index (χ3v) is 1.98. The zero-order valence-electron chi connectivity index (χ0n) is 9.21. The lowest BCUT2D eigenvalue weighted by Gasteiger charge is -2.07. The fourth-order valence-corrected chi connectivity index (χ4v) is 1.22. The lowest BCUT2D eigenvalue weighted by Crippen LogP contribution is -2.41. The van der Waals surface area contributed by atoms with Gasteiger partial charge in [-0.1, -0.05) is 12.8 Å². The van der Waals surface area contributed by atoms with Gasteiger partial charge in [0.2, 0.25) is 0 Å². The number of thiocarbonyl (C=S) groups is 2. The van der Waals surface area contributed by atoms with Gasteiger partial charge in [0.15, 0.2) is 10.2 Å². The molecule has 0 aliphatic heterocycles. The first kappa shape index (κ1) is 15.3. The van der Waals surface area contributed by atoms with Crippen LogP contribution in [0.25, 0.3) is 0 Å². The summed E-state index contributed by atoms with van der Waals surface area (Å²) in [6.45, 7) is 1.71. The molecule has 0 spiro atoms. The molecule has 0 rings (SSSR count). The second-order valence-electron chi connectivity index (χ2n) is 3.25. The van der Waals surface area contributed by atoms with Crippen molar-refractivity contribution in [3.8, 4) is 0 Å². The smallest absolute Gasteiger partial charge is 0.178 e. The fraction of sp³-hybridized carbons (Fsp3) is 0.750. The Morgan fingerprint density at radius 3 is 1.44 bits per heavy atom. The van der Waals surface area contributed by atoms with Crippen LogP contribution in [0.4, 0.5) is 0 Å². The standard InChI is InChI=1S/C8H20N6S2/c9-7(15)13-11-5-3-1-2-4-6-12-14-8(10)16/h11-12H,1-6H2,(H3,9,13,15)(H3,10,14,16). The van der Waals surface area contributed by atoms with Crippen molar-refractivity contribution in [1.29, 1.82) is 0 Å². The Hall–Kier alpha value is -0.700. The molecule has 0 aliphatic rings. The van der Waals surface area contributed by atoms with Crippen molar-refractivity contribution >= 4 is 34.7 Å². The van der Waals surface area contributed by atoms with Gasteiger partial charge in [0.1, 0.15) is 0 Å². The fourth-order valence-electron chi connectivity index (χ4n) is 1.08. The van der Waals surface area contributed by atoms with Crippen molar-refractivity contribution in [2.24, 2.45) is 11.5 Å². The molecule has 0 radical (unpaired) electrons. The van der Waals surface area contributed by atoms with Crippen LogP contribution >= 0.6 is 24.4 Å². The molecule has 0 heterocycles. The Morgan fingerprint density at radius 1 is 0.750 bits per heavy atom. The first-order chi connectivity index (χ1) is 7.63. The van der Waals surface area contributed by atoms with Crippen LogP contribution in [0.3, 0.4) is 0 Å². The number of unbranched alkanes of at least 4 members (excludes halogenated alkanes) is 3. The zero-order chi connectivity index (χ0) is 12.2. The van der Waals surface area contributed by atoms with Crippen LogP contribution in [0.5, 0.6) is 0 Å². The molecule has 0 amide bonds. The van der Waals surface area contributed by atoms with Gasteiger partial charge >= 0.3 is 0 Å². The van der Waals surface area contributed by atoms with Gasteiger partial charge in [-0.2, -0.15) is 0 Å². The normalized spacial score (nSPS) is 9.75. The Labute approximate surface area is 107 Å². The van der Waals surface area contributed by atoms with Crippen molar-refractivity contribution in [2.45, 2.75) is 25.7 Å². The summed E-state index contributed by atoms with van der Waals surface area (Å²) < 4.78 is 0. The number of nitrogens with one attached hydrogen (secondary N) is 4. The highest BCUT2D eigenvalue weighted by molar-refractivity contribution is 7.80. The summed E-state index contributed by atoms with van der Waals surface area (Å²) in [5.41, 5.74) is 21.7. The minimum Gasteiger partial charge on any atom is -0.375 e. The van der Waals surface area contributed by atoms with Crippen molar-refractivity contribution in [1.82, 2.24) is 21.7 Å². The number of hydrazine groups is 2. The average Bonchev–Trinajstić information content (AvgIpc) is 2.20. The van der Waals surface area contributed by atoms with E-state index in [-0.39, 0.29) is 10.2 Å². The lowest BCUT2D eigenvalue weighted by atomic mass is 10.2. The quantitative estimate of drug-likeness (QED) is 0.183. The zero-order valence-corrected chi connectivity index (χ0v) is 10.8. The molecule has 0 fully saturated rings. The van der Waals surface area contributed by atoms with E-state index in [1.807, 2.05) is 0 Å². The van der Waals surface area contributed by atoms with Gasteiger partial charge in [-0.15, -0.1) is 0 Å². The molecule has 0 atom stereocenters. The molecule has 94 valence electrons. The molecule has 0 aliphatic carbocycles. The van der Waals surface area contributed by atoms with E-state index < -0.39 is 0 Å². The second-order valence-corrected chi connectivity index (χ2v) is 4.13. The molecule has 0 aromatic rings. The summed E-state index contributed by atoms with van der Waals surface area (Å²) in [6, 6.07) is 0. The van der Waals surface area contributed by atoms with Gasteiger partial charge in [0, 0.05) is 13.1 Å². The van der Waals surface area contributed by atoms with Crippen LogP contribution in [0.2, 0.25) is 0 Å². The monoisotopic (exact) mass is 264 g/mol. The van der Waals surface area contributed by atoms with Crippen LogP contribution in [0.15, 0.2) is 0 Å². The van der Waals surface area contributed by atoms with Gasteiger partial charge in [-0.3, -0.25) is 10.9 Å². The SMILES string of the molecule is NC(=S)NNCCCCCCNNC(N)=S. The maximum absolute atomic E-state index is 5.23. The number of rotatable bonds is 9. The van der Waals surface area contributed by atoms with E-state index in [2.05, 4.69) is 46.1 Å². The van der Waals surface area contributed by atoms with Crippen molar-refractivity contribution in [3.05, 3.63) is 0 Å². The summed E-state index contributed by atoms with van der Waals surface area (Å²) in [5, 5.41) is 0.543. The van der Waals surface area contributed by atoms with Crippen molar-refractivity contribution in [2.75, 3.05) is 13.1 Å². The molecule has 0 saturated carbocycles. The third-order valence-electron chi connectivity index (χ3n) is 1.78. The molecular formula is C8H20N6S2. The Kier molecular flexibility index (Phi) is 10.3. The molecule has 0 saturated heterocycles. The lowest BCUT2D eigenvalue weighted by molar-refractivity contribution is 0.545.